The van der Waals surface area contributed by atoms with Crippen molar-refractivity contribution in [2.45, 2.75) is 0 Å². The quantitative estimate of drug-likeness (QED) is 0.594. The predicted molar refractivity (Wildman–Crippen MR) is 52.8 cm³/mol. The van der Waals surface area contributed by atoms with Gasteiger partial charge < -0.3 is 5.11 Å². The summed E-state index contributed by atoms with van der Waals surface area (Å²) in [5.74, 6) is 0.0300. The molecule has 0 amide bonds. The number of rotatable bonds is 4. The van der Waals surface area contributed by atoms with Gasteiger partial charge in [-0.15, -0.1) is 9.42 Å². The zero-order valence-corrected chi connectivity index (χ0v) is 8.22. The lowest BCUT2D eigenvalue weighted by molar-refractivity contribution is 0.311. The number of aliphatic hydroxyl groups is 1. The maximum Gasteiger partial charge on any atom is 0.695 e. The summed E-state index contributed by atoms with van der Waals surface area (Å²) in [5, 5.41) is 9.44. The fourth-order valence-electron chi connectivity index (χ4n) is 0.907. The van der Waals surface area contributed by atoms with E-state index in [1.165, 1.54) is 6.08 Å². The van der Waals surface area contributed by atoms with Crippen LogP contribution in [0.15, 0.2) is 36.4 Å². The Morgan fingerprint density at radius 2 is 2.07 bits per heavy atom. The van der Waals surface area contributed by atoms with Crippen LogP contribution in [-0.4, -0.2) is 16.6 Å². The maximum atomic E-state index is 10.1. The molecule has 5 heteroatoms. The number of aliphatic hydroxyl groups excluding tert-OH is 1. The first-order valence-corrected chi connectivity index (χ1v) is 5.07. The summed E-state index contributed by atoms with van der Waals surface area (Å²) in [7, 11) is -2.61. The average molecular weight is 213 g/mol. The molecule has 0 aliphatic carbocycles. The van der Waals surface area contributed by atoms with E-state index < -0.39 is 8.25 Å². The van der Waals surface area contributed by atoms with Gasteiger partial charge in [-0.3, -0.25) is 0 Å². The molecule has 74 valence electrons. The molecule has 1 unspecified atom stereocenters. The monoisotopic (exact) mass is 213 g/mol. The normalized spacial score (nSPS) is 12.6. The standard InChI is InChI=1S/C9H9O4P/c10-9(6-7-13-14(11)12)8-4-2-1-3-5-8/h1-6H,7H2,(H-,10,11,12)/p+1. The van der Waals surface area contributed by atoms with Crippen LogP contribution in [0, 0.1) is 0 Å². The molecule has 14 heavy (non-hydrogen) atoms. The molecule has 0 heterocycles. The Labute approximate surface area is 82.4 Å². The highest BCUT2D eigenvalue weighted by Gasteiger charge is 2.09. The van der Waals surface area contributed by atoms with Gasteiger partial charge in [-0.2, -0.15) is 0 Å². The summed E-state index contributed by atoms with van der Waals surface area (Å²) in [5.41, 5.74) is 0.643. The van der Waals surface area contributed by atoms with Gasteiger partial charge in [0.2, 0.25) is 0 Å². The Bertz CT molecular complexity index is 334. The summed E-state index contributed by atoms with van der Waals surface area (Å²) in [6.45, 7) is -0.0908. The fourth-order valence-corrected chi connectivity index (χ4v) is 1.11. The number of hydrogen-bond acceptors (Lipinski definition) is 3. The summed E-state index contributed by atoms with van der Waals surface area (Å²) < 4.78 is 14.5. The smallest absolute Gasteiger partial charge is 0.508 e. The largest absolute Gasteiger partial charge is 0.695 e. The molecule has 0 spiro atoms. The Kier molecular flexibility index (Phi) is 4.26. The molecule has 2 N–H and O–H groups in total. The Hall–Kier alpha value is -1.22. The van der Waals surface area contributed by atoms with Crippen molar-refractivity contribution < 1.29 is 19.1 Å². The van der Waals surface area contributed by atoms with Gasteiger partial charge in [-0.25, -0.2) is 0 Å². The van der Waals surface area contributed by atoms with Crippen molar-refractivity contribution in [1.29, 1.82) is 0 Å². The molecule has 0 aliphatic rings. The minimum Gasteiger partial charge on any atom is -0.508 e. The first-order valence-electron chi connectivity index (χ1n) is 3.94. The third-order valence-corrected chi connectivity index (χ3v) is 1.90. The average Bonchev–Trinajstić information content (AvgIpc) is 2.18. The van der Waals surface area contributed by atoms with Crippen molar-refractivity contribution in [2.75, 3.05) is 6.61 Å². The first kappa shape index (κ1) is 10.9. The van der Waals surface area contributed by atoms with Crippen molar-refractivity contribution in [3.05, 3.63) is 42.0 Å². The van der Waals surface area contributed by atoms with Crippen LogP contribution in [-0.2, 0) is 9.09 Å². The first-order chi connectivity index (χ1) is 6.70. The molecule has 0 aliphatic heterocycles. The van der Waals surface area contributed by atoms with Crippen LogP contribution in [0.25, 0.3) is 5.76 Å². The van der Waals surface area contributed by atoms with Gasteiger partial charge in [-0.05, 0) is 6.08 Å². The van der Waals surface area contributed by atoms with E-state index in [1.54, 1.807) is 24.3 Å². The minimum atomic E-state index is -2.61. The van der Waals surface area contributed by atoms with Gasteiger partial charge in [0.25, 0.3) is 0 Å². The van der Waals surface area contributed by atoms with Crippen LogP contribution in [0.5, 0.6) is 0 Å². The lowest BCUT2D eigenvalue weighted by Gasteiger charge is -1.97. The van der Waals surface area contributed by atoms with Crippen molar-refractivity contribution in [3.63, 3.8) is 0 Å². The molecule has 1 aromatic rings. The molecule has 0 aromatic heterocycles. The van der Waals surface area contributed by atoms with Gasteiger partial charge in [0.05, 0.1) is 0 Å². The van der Waals surface area contributed by atoms with Crippen molar-refractivity contribution in [3.8, 4) is 0 Å². The topological polar surface area (TPSA) is 66.8 Å². The highest BCUT2D eigenvalue weighted by atomic mass is 31.1. The summed E-state index contributed by atoms with van der Waals surface area (Å²) in [6.07, 6.45) is 1.33. The highest BCUT2D eigenvalue weighted by molar-refractivity contribution is 7.32. The van der Waals surface area contributed by atoms with Gasteiger partial charge >= 0.3 is 8.25 Å². The molecule has 1 atom stereocenters. The molecule has 0 saturated carbocycles. The van der Waals surface area contributed by atoms with E-state index in [0.717, 1.165) is 0 Å². The van der Waals surface area contributed by atoms with Gasteiger partial charge in [0.15, 0.2) is 0 Å². The Balaban J connectivity index is 2.57. The van der Waals surface area contributed by atoms with E-state index in [1.807, 2.05) is 6.07 Å². The molecule has 1 rings (SSSR count). The van der Waals surface area contributed by atoms with Gasteiger partial charge in [-0.1, -0.05) is 30.3 Å². The molecule has 0 saturated heterocycles. The van der Waals surface area contributed by atoms with E-state index in [9.17, 15) is 9.67 Å². The van der Waals surface area contributed by atoms with Crippen LogP contribution >= 0.6 is 8.25 Å². The molecular formula is C9H10O4P+. The van der Waals surface area contributed by atoms with Crippen molar-refractivity contribution >= 4 is 14.0 Å². The van der Waals surface area contributed by atoms with Crippen molar-refractivity contribution in [2.24, 2.45) is 0 Å². The third-order valence-electron chi connectivity index (χ3n) is 1.53. The third kappa shape index (κ3) is 3.66. The van der Waals surface area contributed by atoms with Crippen LogP contribution in [0.1, 0.15) is 5.56 Å². The second kappa shape index (κ2) is 5.50. The summed E-state index contributed by atoms with van der Waals surface area (Å²) >= 11 is 0. The minimum absolute atomic E-state index is 0.0300. The molecule has 0 bridgehead atoms. The van der Waals surface area contributed by atoms with Gasteiger partial charge in [0, 0.05) is 10.1 Å². The predicted octanol–water partition coefficient (Wildman–Crippen LogP) is 2.25. The lowest BCUT2D eigenvalue weighted by atomic mass is 10.2. The molecular weight excluding hydrogens is 203 g/mol. The fraction of sp³-hybridized carbons (Fsp3) is 0.111. The maximum absolute atomic E-state index is 10.1. The van der Waals surface area contributed by atoms with E-state index in [-0.39, 0.29) is 12.4 Å². The number of hydrogen-bond donors (Lipinski definition) is 2. The zero-order valence-electron chi connectivity index (χ0n) is 7.33. The number of benzene rings is 1. The summed E-state index contributed by atoms with van der Waals surface area (Å²) in [4.78, 5) is 8.31. The molecule has 1 aromatic carbocycles. The summed E-state index contributed by atoms with van der Waals surface area (Å²) in [6, 6.07) is 8.85. The van der Waals surface area contributed by atoms with E-state index >= 15 is 0 Å². The van der Waals surface area contributed by atoms with Crippen LogP contribution in [0.3, 0.4) is 0 Å². The Morgan fingerprint density at radius 1 is 1.43 bits per heavy atom. The molecule has 0 radical (unpaired) electrons. The van der Waals surface area contributed by atoms with E-state index in [0.29, 0.717) is 5.56 Å². The second-order valence-electron chi connectivity index (χ2n) is 2.49. The molecule has 0 fully saturated rings. The van der Waals surface area contributed by atoms with Crippen molar-refractivity contribution in [1.82, 2.24) is 0 Å². The van der Waals surface area contributed by atoms with Crippen LogP contribution in [0.4, 0.5) is 0 Å². The van der Waals surface area contributed by atoms with E-state index in [2.05, 4.69) is 4.52 Å². The SMILES string of the molecule is O=[P+](O)OCC=C(O)c1ccccc1. The lowest BCUT2D eigenvalue weighted by Crippen LogP contribution is -1.86. The highest BCUT2D eigenvalue weighted by Crippen LogP contribution is 2.15. The van der Waals surface area contributed by atoms with Gasteiger partial charge in [0.1, 0.15) is 12.4 Å². The molecule has 4 nitrogen and oxygen atoms in total. The van der Waals surface area contributed by atoms with Crippen LogP contribution < -0.4 is 0 Å². The van der Waals surface area contributed by atoms with E-state index in [4.69, 9.17) is 4.89 Å². The zero-order chi connectivity index (χ0) is 10.4. The Morgan fingerprint density at radius 3 is 2.64 bits per heavy atom. The van der Waals surface area contributed by atoms with Crippen LogP contribution in [0.2, 0.25) is 0 Å². The second-order valence-corrected chi connectivity index (χ2v) is 3.22.